The van der Waals surface area contributed by atoms with Gasteiger partial charge in [-0.2, -0.15) is 4.99 Å². The first-order chi connectivity index (χ1) is 11.3. The third-order valence-electron chi connectivity index (χ3n) is 3.17. The fourth-order valence-corrected chi connectivity index (χ4v) is 2.61. The quantitative estimate of drug-likeness (QED) is 0.484. The van der Waals surface area contributed by atoms with E-state index >= 15 is 0 Å². The molecule has 1 aromatic heterocycles. The summed E-state index contributed by atoms with van der Waals surface area (Å²) in [4.78, 5) is 39.3. The monoisotopic (exact) mass is 393 g/mol. The zero-order valence-electron chi connectivity index (χ0n) is 13.2. The predicted molar refractivity (Wildman–Crippen MR) is 94.2 cm³/mol. The zero-order chi connectivity index (χ0) is 17.9. The van der Waals surface area contributed by atoms with Crippen LogP contribution in [0, 0.1) is 0 Å². The maximum Gasteiger partial charge on any atom is 0.343 e. The molecule has 2 aromatic rings. The first-order valence-corrected chi connectivity index (χ1v) is 7.96. The summed E-state index contributed by atoms with van der Waals surface area (Å²) in [5, 5.41) is 0.347. The van der Waals surface area contributed by atoms with Crippen molar-refractivity contribution in [3.8, 4) is 0 Å². The van der Waals surface area contributed by atoms with Crippen molar-refractivity contribution in [3.63, 3.8) is 0 Å². The summed E-state index contributed by atoms with van der Waals surface area (Å²) >= 11 is 3.35. The summed E-state index contributed by atoms with van der Waals surface area (Å²) in [7, 11) is 0. The second-order valence-corrected chi connectivity index (χ2v) is 5.92. The number of nitrogens with zero attached hydrogens (tertiary/aromatic N) is 2. The van der Waals surface area contributed by atoms with Gasteiger partial charge in [-0.3, -0.25) is 9.59 Å². The highest BCUT2D eigenvalue weighted by Gasteiger charge is 2.17. The van der Waals surface area contributed by atoms with Gasteiger partial charge in [0.15, 0.2) is 0 Å². The lowest BCUT2D eigenvalue weighted by Crippen LogP contribution is -2.25. The van der Waals surface area contributed by atoms with E-state index in [4.69, 9.17) is 10.5 Å². The summed E-state index contributed by atoms with van der Waals surface area (Å²) in [5.74, 6) is -1.06. The molecule has 2 rings (SSSR count). The lowest BCUT2D eigenvalue weighted by Gasteiger charge is -2.13. The van der Waals surface area contributed by atoms with Gasteiger partial charge in [0.05, 0.1) is 18.7 Å². The van der Waals surface area contributed by atoms with Crippen LogP contribution < -0.4 is 11.2 Å². The molecule has 24 heavy (non-hydrogen) atoms. The number of esters is 1. The summed E-state index contributed by atoms with van der Waals surface area (Å²) in [6.45, 7) is 3.16. The van der Waals surface area contributed by atoms with Gasteiger partial charge in [0.1, 0.15) is 11.4 Å². The standard InChI is InChI=1S/C16H16BrN3O4/c1-3-24-16(23)12-7-20(8-14(18)19-9(2)21)13-6-10(17)4-5-11(13)15(12)22/h4-7H,3,8H2,1-2H3,(H2,18,19,21). The van der Waals surface area contributed by atoms with E-state index in [9.17, 15) is 14.4 Å². The van der Waals surface area contributed by atoms with E-state index in [0.29, 0.717) is 10.9 Å². The average Bonchev–Trinajstić information content (AvgIpc) is 2.49. The molecule has 0 fully saturated rings. The van der Waals surface area contributed by atoms with Crippen LogP contribution in [0.1, 0.15) is 24.2 Å². The molecule has 1 aromatic carbocycles. The second-order valence-electron chi connectivity index (χ2n) is 5.00. The molecule has 1 heterocycles. The molecule has 0 radical (unpaired) electrons. The van der Waals surface area contributed by atoms with Crippen molar-refractivity contribution in [2.75, 3.05) is 6.61 Å². The SMILES string of the molecule is CCOC(=O)c1cn(CC(N)=NC(C)=O)c2cc(Br)ccc2c1=O. The van der Waals surface area contributed by atoms with Crippen molar-refractivity contribution in [3.05, 3.63) is 44.7 Å². The maximum atomic E-state index is 12.5. The number of pyridine rings is 1. The lowest BCUT2D eigenvalue weighted by atomic mass is 10.1. The Morgan fingerprint density at radius 2 is 2.08 bits per heavy atom. The van der Waals surface area contributed by atoms with Crippen molar-refractivity contribution < 1.29 is 14.3 Å². The molecule has 0 saturated carbocycles. The van der Waals surface area contributed by atoms with Crippen LogP contribution in [-0.2, 0) is 16.1 Å². The Bertz CT molecular complexity index is 902. The Balaban J connectivity index is 2.69. The van der Waals surface area contributed by atoms with Crippen LogP contribution >= 0.6 is 15.9 Å². The van der Waals surface area contributed by atoms with Crippen molar-refractivity contribution in [1.82, 2.24) is 4.57 Å². The van der Waals surface area contributed by atoms with Crippen LogP contribution in [0.5, 0.6) is 0 Å². The molecule has 8 heteroatoms. The van der Waals surface area contributed by atoms with Gasteiger partial charge in [-0.1, -0.05) is 15.9 Å². The van der Waals surface area contributed by atoms with Gasteiger partial charge in [0.25, 0.3) is 0 Å². The van der Waals surface area contributed by atoms with Crippen LogP contribution in [0.25, 0.3) is 10.9 Å². The van der Waals surface area contributed by atoms with E-state index in [-0.39, 0.29) is 24.6 Å². The molecule has 0 spiro atoms. The fourth-order valence-electron chi connectivity index (χ4n) is 2.26. The number of ether oxygens (including phenoxy) is 1. The van der Waals surface area contributed by atoms with E-state index in [1.54, 1.807) is 29.7 Å². The molecule has 126 valence electrons. The third-order valence-corrected chi connectivity index (χ3v) is 3.67. The molecule has 0 aliphatic heterocycles. The van der Waals surface area contributed by atoms with E-state index < -0.39 is 17.3 Å². The summed E-state index contributed by atoms with van der Waals surface area (Å²) in [6, 6.07) is 5.04. The highest BCUT2D eigenvalue weighted by molar-refractivity contribution is 9.10. The number of rotatable bonds is 4. The van der Waals surface area contributed by atoms with Crippen LogP contribution in [0.15, 0.2) is 38.7 Å². The van der Waals surface area contributed by atoms with E-state index in [2.05, 4.69) is 20.9 Å². The molecule has 7 nitrogen and oxygen atoms in total. The number of halogens is 1. The second kappa shape index (κ2) is 7.39. The highest BCUT2D eigenvalue weighted by atomic mass is 79.9. The van der Waals surface area contributed by atoms with Gasteiger partial charge in [-0.25, -0.2) is 4.79 Å². The minimum atomic E-state index is -0.705. The molecule has 0 aliphatic rings. The Hall–Kier alpha value is -2.48. The first-order valence-electron chi connectivity index (χ1n) is 7.17. The Morgan fingerprint density at radius 3 is 2.71 bits per heavy atom. The number of hydrogen-bond acceptors (Lipinski definition) is 4. The number of carbonyl (C=O) groups excluding carboxylic acids is 2. The number of fused-ring (bicyclic) bond motifs is 1. The van der Waals surface area contributed by atoms with Gasteiger partial charge in [0.2, 0.25) is 11.3 Å². The van der Waals surface area contributed by atoms with Crippen LogP contribution in [0.2, 0.25) is 0 Å². The molecule has 0 unspecified atom stereocenters. The molecular weight excluding hydrogens is 378 g/mol. The number of amidine groups is 1. The number of hydrogen-bond donors (Lipinski definition) is 1. The Labute approximate surface area is 146 Å². The van der Waals surface area contributed by atoms with Crippen molar-refractivity contribution >= 4 is 44.5 Å². The number of nitrogens with two attached hydrogens (primary N) is 1. The predicted octanol–water partition coefficient (Wildman–Crippen LogP) is 1.84. The number of aliphatic imine (C=N–C) groups is 1. The van der Waals surface area contributed by atoms with Crippen LogP contribution in [-0.4, -0.2) is 28.9 Å². The van der Waals surface area contributed by atoms with E-state index in [1.165, 1.54) is 13.1 Å². The molecule has 1 amide bonds. The average molecular weight is 394 g/mol. The molecule has 0 saturated heterocycles. The molecule has 2 N–H and O–H groups in total. The third kappa shape index (κ3) is 3.88. The van der Waals surface area contributed by atoms with Gasteiger partial charge in [0, 0.05) is 23.0 Å². The molecular formula is C16H16BrN3O4. The summed E-state index contributed by atoms with van der Waals surface area (Å²) in [6.07, 6.45) is 1.37. The van der Waals surface area contributed by atoms with Crippen molar-refractivity contribution in [1.29, 1.82) is 0 Å². The number of amides is 1. The smallest absolute Gasteiger partial charge is 0.343 e. The van der Waals surface area contributed by atoms with Gasteiger partial charge in [-0.05, 0) is 25.1 Å². The zero-order valence-corrected chi connectivity index (χ0v) is 14.8. The molecule has 0 atom stereocenters. The highest BCUT2D eigenvalue weighted by Crippen LogP contribution is 2.18. The Kier molecular flexibility index (Phi) is 5.50. The normalized spacial score (nSPS) is 11.5. The molecule has 0 bridgehead atoms. The summed E-state index contributed by atoms with van der Waals surface area (Å²) in [5.41, 5.74) is 5.80. The molecule has 0 aliphatic carbocycles. The minimum absolute atomic E-state index is 0.0548. The van der Waals surface area contributed by atoms with E-state index in [1.807, 2.05) is 0 Å². The largest absolute Gasteiger partial charge is 0.462 e. The van der Waals surface area contributed by atoms with Crippen molar-refractivity contribution in [2.24, 2.45) is 10.7 Å². The maximum absolute atomic E-state index is 12.5. The van der Waals surface area contributed by atoms with Gasteiger partial charge < -0.3 is 15.0 Å². The lowest BCUT2D eigenvalue weighted by molar-refractivity contribution is -0.115. The van der Waals surface area contributed by atoms with Crippen molar-refractivity contribution in [2.45, 2.75) is 20.4 Å². The Morgan fingerprint density at radius 1 is 1.38 bits per heavy atom. The number of carbonyl (C=O) groups is 2. The van der Waals surface area contributed by atoms with Gasteiger partial charge in [-0.15, -0.1) is 0 Å². The van der Waals surface area contributed by atoms with Crippen LogP contribution in [0.3, 0.4) is 0 Å². The first kappa shape index (κ1) is 17.9. The number of benzene rings is 1. The topological polar surface area (TPSA) is 104 Å². The van der Waals surface area contributed by atoms with Crippen LogP contribution in [0.4, 0.5) is 0 Å². The summed E-state index contributed by atoms with van der Waals surface area (Å²) < 4.78 is 7.28. The fraction of sp³-hybridized carbons (Fsp3) is 0.250. The number of aromatic nitrogens is 1. The van der Waals surface area contributed by atoms with E-state index in [0.717, 1.165) is 4.47 Å². The van der Waals surface area contributed by atoms with Gasteiger partial charge >= 0.3 is 5.97 Å². The minimum Gasteiger partial charge on any atom is -0.462 e.